The van der Waals surface area contributed by atoms with Gasteiger partial charge in [-0.15, -0.1) is 0 Å². The van der Waals surface area contributed by atoms with E-state index < -0.39 is 5.67 Å². The molecular formula is C9H14FN. The molecule has 2 rings (SSSR count). The molecule has 0 bridgehead atoms. The summed E-state index contributed by atoms with van der Waals surface area (Å²) < 4.78 is 13.0. The Morgan fingerprint density at radius 2 is 2.00 bits per heavy atom. The van der Waals surface area contributed by atoms with Gasteiger partial charge in [0.2, 0.25) is 0 Å². The minimum atomic E-state index is -0.901. The number of hydrogen-bond donors (Lipinski definition) is 0. The predicted molar refractivity (Wildman–Crippen MR) is 43.8 cm³/mol. The molecule has 0 radical (unpaired) electrons. The normalized spacial score (nSPS) is 30.7. The monoisotopic (exact) mass is 155 g/mol. The van der Waals surface area contributed by atoms with E-state index in [0.29, 0.717) is 12.0 Å². The summed E-state index contributed by atoms with van der Waals surface area (Å²) in [5.41, 5.74) is -0.563. The minimum Gasteiger partial charge on any atom is -0.294 e. The van der Waals surface area contributed by atoms with Crippen molar-refractivity contribution in [1.82, 2.24) is 0 Å². The van der Waals surface area contributed by atoms with Crippen LogP contribution in [0.3, 0.4) is 0 Å². The average Bonchev–Trinajstić information content (AvgIpc) is 2.78. The van der Waals surface area contributed by atoms with Gasteiger partial charge >= 0.3 is 0 Å². The highest BCUT2D eigenvalue weighted by Crippen LogP contribution is 2.44. The Hall–Kier alpha value is -0.400. The Kier molecular flexibility index (Phi) is 1.35. The highest BCUT2D eigenvalue weighted by atomic mass is 19.1. The summed E-state index contributed by atoms with van der Waals surface area (Å²) in [6.07, 6.45) is 5.86. The maximum absolute atomic E-state index is 13.0. The molecule has 1 nitrogen and oxygen atoms in total. The van der Waals surface area contributed by atoms with E-state index in [4.69, 9.17) is 0 Å². The molecule has 0 aromatic rings. The smallest absolute Gasteiger partial charge is 0.130 e. The fraction of sp³-hybridized carbons (Fsp3) is 0.889. The van der Waals surface area contributed by atoms with Crippen molar-refractivity contribution in [3.05, 3.63) is 0 Å². The maximum atomic E-state index is 13.0. The lowest BCUT2D eigenvalue weighted by Gasteiger charge is -2.00. The largest absolute Gasteiger partial charge is 0.294 e. The van der Waals surface area contributed by atoms with Crippen LogP contribution in [0.1, 0.15) is 32.6 Å². The molecule has 0 saturated heterocycles. The molecule has 0 N–H and O–H groups in total. The van der Waals surface area contributed by atoms with E-state index in [1.807, 2.05) is 6.21 Å². The van der Waals surface area contributed by atoms with E-state index in [1.54, 1.807) is 0 Å². The summed E-state index contributed by atoms with van der Waals surface area (Å²) in [7, 11) is 0. The van der Waals surface area contributed by atoms with E-state index in [1.165, 1.54) is 12.8 Å². The summed E-state index contributed by atoms with van der Waals surface area (Å²) >= 11 is 0. The van der Waals surface area contributed by atoms with Crippen molar-refractivity contribution in [2.45, 2.75) is 38.3 Å². The predicted octanol–water partition coefficient (Wildman–Crippen LogP) is 2.36. The van der Waals surface area contributed by atoms with Crippen LogP contribution in [-0.4, -0.2) is 18.4 Å². The molecule has 2 fully saturated rings. The van der Waals surface area contributed by atoms with Gasteiger partial charge in [-0.2, -0.15) is 0 Å². The molecule has 2 aliphatic carbocycles. The van der Waals surface area contributed by atoms with Crippen LogP contribution in [0.15, 0.2) is 4.99 Å². The maximum Gasteiger partial charge on any atom is 0.130 e. The summed E-state index contributed by atoms with van der Waals surface area (Å²) in [5.74, 6) is 0. The van der Waals surface area contributed by atoms with E-state index >= 15 is 0 Å². The van der Waals surface area contributed by atoms with Crippen LogP contribution >= 0.6 is 0 Å². The third-order valence-corrected chi connectivity index (χ3v) is 2.61. The number of hydrogen-bond acceptors (Lipinski definition) is 1. The molecule has 0 unspecified atom stereocenters. The Balaban J connectivity index is 1.77. The molecule has 0 heterocycles. The van der Waals surface area contributed by atoms with Crippen LogP contribution in [0.5, 0.6) is 0 Å². The third-order valence-electron chi connectivity index (χ3n) is 2.61. The van der Waals surface area contributed by atoms with Gasteiger partial charge in [0.15, 0.2) is 0 Å². The summed E-state index contributed by atoms with van der Waals surface area (Å²) in [6, 6.07) is 0. The molecule has 2 saturated carbocycles. The summed E-state index contributed by atoms with van der Waals surface area (Å²) in [6.45, 7) is 2.58. The second kappa shape index (κ2) is 2.05. The van der Waals surface area contributed by atoms with Gasteiger partial charge in [-0.1, -0.05) is 6.92 Å². The van der Waals surface area contributed by atoms with Crippen molar-refractivity contribution in [3.63, 3.8) is 0 Å². The third kappa shape index (κ3) is 1.79. The number of alkyl halides is 1. The van der Waals surface area contributed by atoms with Crippen molar-refractivity contribution in [1.29, 1.82) is 0 Å². The second-order valence-corrected chi connectivity index (χ2v) is 4.27. The van der Waals surface area contributed by atoms with Crippen LogP contribution < -0.4 is 0 Å². The zero-order valence-electron chi connectivity index (χ0n) is 6.94. The first-order valence-electron chi connectivity index (χ1n) is 4.32. The molecule has 0 atom stereocenters. The van der Waals surface area contributed by atoms with E-state index in [9.17, 15) is 4.39 Å². The first kappa shape index (κ1) is 7.26. The molecular weight excluding hydrogens is 141 g/mol. The zero-order valence-corrected chi connectivity index (χ0v) is 6.94. The first-order chi connectivity index (χ1) is 5.12. The highest BCUT2D eigenvalue weighted by Gasteiger charge is 2.43. The second-order valence-electron chi connectivity index (χ2n) is 4.27. The van der Waals surface area contributed by atoms with Crippen molar-refractivity contribution < 1.29 is 4.39 Å². The molecule has 0 spiro atoms. The van der Waals surface area contributed by atoms with E-state index in [-0.39, 0.29) is 0 Å². The highest BCUT2D eigenvalue weighted by molar-refractivity contribution is 5.68. The molecule has 2 heteroatoms. The van der Waals surface area contributed by atoms with Crippen LogP contribution in [0.2, 0.25) is 0 Å². The number of halogens is 1. The fourth-order valence-electron chi connectivity index (χ4n) is 1.05. The molecule has 62 valence electrons. The van der Waals surface area contributed by atoms with Crippen LogP contribution in [0.4, 0.5) is 4.39 Å². The Bertz CT molecular complexity index is 190. The topological polar surface area (TPSA) is 12.4 Å². The molecule has 0 aromatic heterocycles. The lowest BCUT2D eigenvalue weighted by Crippen LogP contribution is -2.05. The van der Waals surface area contributed by atoms with Gasteiger partial charge in [0.25, 0.3) is 0 Å². The van der Waals surface area contributed by atoms with Crippen molar-refractivity contribution in [2.24, 2.45) is 10.4 Å². The first-order valence-corrected chi connectivity index (χ1v) is 4.32. The zero-order chi connectivity index (χ0) is 7.95. The van der Waals surface area contributed by atoms with Gasteiger partial charge in [-0.05, 0) is 25.7 Å². The lowest BCUT2D eigenvalue weighted by atomic mass is 10.2. The van der Waals surface area contributed by atoms with Gasteiger partial charge in [0.05, 0.1) is 6.54 Å². The molecule has 0 aromatic carbocycles. The van der Waals surface area contributed by atoms with Crippen LogP contribution in [-0.2, 0) is 0 Å². The van der Waals surface area contributed by atoms with Gasteiger partial charge in [-0.3, -0.25) is 4.99 Å². The van der Waals surface area contributed by atoms with Crippen LogP contribution in [0, 0.1) is 5.41 Å². The number of rotatable bonds is 3. The average molecular weight is 155 g/mol. The Labute approximate surface area is 66.7 Å². The quantitative estimate of drug-likeness (QED) is 0.555. The summed E-state index contributed by atoms with van der Waals surface area (Å²) in [5, 5.41) is 0. The molecule has 11 heavy (non-hydrogen) atoms. The number of aliphatic imine (C=N–C) groups is 1. The number of nitrogens with zero attached hydrogens (tertiary/aromatic N) is 1. The Morgan fingerprint density at radius 3 is 2.45 bits per heavy atom. The standard InChI is InChI=1S/C9H14FN/c1-8(2-3-8)6-11-7-9(10)4-5-9/h6H,2-5,7H2,1H3. The summed E-state index contributed by atoms with van der Waals surface area (Å²) in [4.78, 5) is 4.14. The van der Waals surface area contributed by atoms with Crippen molar-refractivity contribution in [2.75, 3.05) is 6.54 Å². The van der Waals surface area contributed by atoms with Crippen molar-refractivity contribution >= 4 is 6.21 Å². The Morgan fingerprint density at radius 1 is 1.36 bits per heavy atom. The molecule has 0 aliphatic heterocycles. The lowest BCUT2D eigenvalue weighted by molar-refractivity contribution is 0.319. The molecule has 2 aliphatic rings. The van der Waals surface area contributed by atoms with Gasteiger partial charge in [-0.25, -0.2) is 4.39 Å². The SMILES string of the molecule is CC1(C=NCC2(F)CC2)CC1. The van der Waals surface area contributed by atoms with E-state index in [2.05, 4.69) is 11.9 Å². The van der Waals surface area contributed by atoms with Crippen LogP contribution in [0.25, 0.3) is 0 Å². The van der Waals surface area contributed by atoms with Gasteiger partial charge in [0, 0.05) is 11.6 Å². The van der Waals surface area contributed by atoms with Gasteiger partial charge in [0.1, 0.15) is 5.67 Å². The fourth-order valence-corrected chi connectivity index (χ4v) is 1.05. The van der Waals surface area contributed by atoms with E-state index in [0.717, 1.165) is 12.8 Å². The molecule has 0 amide bonds. The van der Waals surface area contributed by atoms with Gasteiger partial charge < -0.3 is 0 Å². The minimum absolute atomic E-state index is 0.339. The van der Waals surface area contributed by atoms with Crippen molar-refractivity contribution in [3.8, 4) is 0 Å².